The van der Waals surface area contributed by atoms with Gasteiger partial charge in [0.15, 0.2) is 5.65 Å². The highest BCUT2D eigenvalue weighted by Gasteiger charge is 2.15. The first-order valence-corrected chi connectivity index (χ1v) is 11.3. The zero-order valence-corrected chi connectivity index (χ0v) is 18.5. The smallest absolute Gasteiger partial charge is 0.160 e. The second kappa shape index (κ2) is 8.05. The number of fused-ring (bicyclic) bond motifs is 2. The lowest BCUT2D eigenvalue weighted by Gasteiger charge is -2.12. The first-order chi connectivity index (χ1) is 16.2. The van der Waals surface area contributed by atoms with Gasteiger partial charge in [0.2, 0.25) is 0 Å². The molecule has 0 saturated heterocycles. The van der Waals surface area contributed by atoms with Gasteiger partial charge in [-0.25, -0.2) is 14.4 Å². The summed E-state index contributed by atoms with van der Waals surface area (Å²) in [5.74, 6) is -0.377. The predicted molar refractivity (Wildman–Crippen MR) is 131 cm³/mol. The quantitative estimate of drug-likeness (QED) is 0.288. The van der Waals surface area contributed by atoms with Crippen molar-refractivity contribution in [3.63, 3.8) is 0 Å². The molecule has 0 bridgehead atoms. The number of rotatable bonds is 3. The van der Waals surface area contributed by atoms with E-state index in [9.17, 15) is 4.39 Å². The van der Waals surface area contributed by atoms with Crippen molar-refractivity contribution >= 4 is 22.6 Å². The van der Waals surface area contributed by atoms with Gasteiger partial charge < -0.3 is 0 Å². The molecule has 0 atom stereocenters. The number of benzene rings is 2. The lowest BCUT2D eigenvalue weighted by atomic mass is 9.97. The molecule has 1 aliphatic rings. The monoisotopic (exact) mass is 451 g/mol. The number of aryl methyl sites for hydroxylation is 2. The van der Waals surface area contributed by atoms with Crippen LogP contribution < -0.4 is 0 Å². The molecule has 0 aliphatic heterocycles. The largest absolute Gasteiger partial charge is 0.263 e. The molecule has 3 aromatic heterocycles. The molecule has 5 aromatic rings. The summed E-state index contributed by atoms with van der Waals surface area (Å²) in [5, 5.41) is 1.34. The van der Waals surface area contributed by atoms with Gasteiger partial charge in [0.25, 0.3) is 0 Å². The lowest BCUT2D eigenvalue weighted by Crippen LogP contribution is -1.94. The van der Waals surface area contributed by atoms with E-state index in [2.05, 4.69) is 39.2 Å². The molecule has 0 saturated carbocycles. The third-order valence-electron chi connectivity index (χ3n) is 6.27. The standard InChI is InChI=1S/C28H19ClFN3/c29-22-8-9-26(30)25(13-22)27-14-24(23-5-2-10-32-28(23)33-27)21-12-20(15-31-16-21)19-7-6-17-3-1-4-18(17)11-19/h2,5-16H,1,3-4H2. The van der Waals surface area contributed by atoms with Crippen molar-refractivity contribution in [2.75, 3.05) is 0 Å². The number of aromatic nitrogens is 3. The minimum atomic E-state index is -0.377. The molecule has 3 heterocycles. The Morgan fingerprint density at radius 1 is 0.788 bits per heavy atom. The Balaban J connectivity index is 1.53. The van der Waals surface area contributed by atoms with Gasteiger partial charge in [-0.15, -0.1) is 0 Å². The Morgan fingerprint density at radius 2 is 1.67 bits per heavy atom. The third-order valence-corrected chi connectivity index (χ3v) is 6.50. The normalized spacial score (nSPS) is 12.8. The van der Waals surface area contributed by atoms with Crippen molar-refractivity contribution in [2.24, 2.45) is 0 Å². The van der Waals surface area contributed by atoms with Crippen LogP contribution in [0, 0.1) is 5.82 Å². The lowest BCUT2D eigenvalue weighted by molar-refractivity contribution is 0.631. The van der Waals surface area contributed by atoms with Crippen molar-refractivity contribution in [2.45, 2.75) is 19.3 Å². The zero-order chi connectivity index (χ0) is 22.4. The van der Waals surface area contributed by atoms with E-state index < -0.39 is 0 Å². The second-order valence-corrected chi connectivity index (χ2v) is 8.79. The molecule has 0 amide bonds. The fourth-order valence-corrected chi connectivity index (χ4v) is 4.80. The Labute approximate surface area is 196 Å². The molecule has 33 heavy (non-hydrogen) atoms. The summed E-state index contributed by atoms with van der Waals surface area (Å²) in [6, 6.07) is 19.0. The molecule has 2 aromatic carbocycles. The van der Waals surface area contributed by atoms with Crippen LogP contribution in [-0.4, -0.2) is 15.0 Å². The average Bonchev–Trinajstić information content (AvgIpc) is 3.33. The van der Waals surface area contributed by atoms with Gasteiger partial charge in [-0.3, -0.25) is 4.98 Å². The number of hydrogen-bond acceptors (Lipinski definition) is 3. The Kier molecular flexibility index (Phi) is 4.88. The second-order valence-electron chi connectivity index (χ2n) is 8.35. The van der Waals surface area contributed by atoms with Crippen molar-refractivity contribution in [1.29, 1.82) is 0 Å². The van der Waals surface area contributed by atoms with E-state index in [-0.39, 0.29) is 5.82 Å². The fraction of sp³-hybridized carbons (Fsp3) is 0.107. The summed E-state index contributed by atoms with van der Waals surface area (Å²) in [6.07, 6.45) is 8.92. The molecule has 0 fully saturated rings. The van der Waals surface area contributed by atoms with E-state index in [0.29, 0.717) is 21.9 Å². The molecule has 6 rings (SSSR count). The molecule has 0 unspecified atom stereocenters. The van der Waals surface area contributed by atoms with Crippen molar-refractivity contribution in [3.8, 4) is 33.5 Å². The van der Waals surface area contributed by atoms with Crippen LogP contribution in [0.1, 0.15) is 17.5 Å². The Bertz CT molecular complexity index is 1530. The number of nitrogens with zero attached hydrogens (tertiary/aromatic N) is 3. The number of pyridine rings is 3. The maximum Gasteiger partial charge on any atom is 0.160 e. The van der Waals surface area contributed by atoms with Crippen LogP contribution in [0.2, 0.25) is 5.02 Å². The molecule has 0 spiro atoms. The molecule has 0 radical (unpaired) electrons. The molecular weight excluding hydrogens is 433 g/mol. The summed E-state index contributed by atoms with van der Waals surface area (Å²) in [7, 11) is 0. The third kappa shape index (κ3) is 3.66. The maximum atomic E-state index is 14.7. The van der Waals surface area contributed by atoms with Gasteiger partial charge in [-0.05, 0) is 84.0 Å². The Morgan fingerprint density at radius 3 is 2.61 bits per heavy atom. The first-order valence-electron chi connectivity index (χ1n) is 10.9. The van der Waals surface area contributed by atoms with Crippen molar-refractivity contribution in [3.05, 3.63) is 101 Å². The molecule has 5 heteroatoms. The van der Waals surface area contributed by atoms with Crippen LogP contribution >= 0.6 is 11.6 Å². The van der Waals surface area contributed by atoms with Crippen LogP contribution in [0.3, 0.4) is 0 Å². The maximum absolute atomic E-state index is 14.7. The number of hydrogen-bond donors (Lipinski definition) is 0. The minimum Gasteiger partial charge on any atom is -0.263 e. The van der Waals surface area contributed by atoms with Gasteiger partial charge in [-0.2, -0.15) is 0 Å². The van der Waals surface area contributed by atoms with E-state index in [1.54, 1.807) is 12.3 Å². The Hall–Kier alpha value is -3.63. The van der Waals surface area contributed by atoms with E-state index in [4.69, 9.17) is 11.6 Å². The summed E-state index contributed by atoms with van der Waals surface area (Å²) >= 11 is 6.15. The fourth-order valence-electron chi connectivity index (χ4n) is 4.62. The molecule has 3 nitrogen and oxygen atoms in total. The summed E-state index contributed by atoms with van der Waals surface area (Å²) < 4.78 is 14.7. The molecule has 160 valence electrons. The summed E-state index contributed by atoms with van der Waals surface area (Å²) in [5.41, 5.74) is 8.28. The summed E-state index contributed by atoms with van der Waals surface area (Å²) in [6.45, 7) is 0. The van der Waals surface area contributed by atoms with Crippen LogP contribution in [0.5, 0.6) is 0 Å². The van der Waals surface area contributed by atoms with Crippen molar-refractivity contribution < 1.29 is 4.39 Å². The predicted octanol–water partition coefficient (Wildman–Crippen LogP) is 7.31. The highest BCUT2D eigenvalue weighted by molar-refractivity contribution is 6.30. The summed E-state index contributed by atoms with van der Waals surface area (Å²) in [4.78, 5) is 13.6. The van der Waals surface area contributed by atoms with Gasteiger partial charge in [0.1, 0.15) is 5.82 Å². The van der Waals surface area contributed by atoms with E-state index in [1.807, 2.05) is 30.6 Å². The van der Waals surface area contributed by atoms with Crippen LogP contribution in [0.4, 0.5) is 4.39 Å². The van der Waals surface area contributed by atoms with Gasteiger partial charge >= 0.3 is 0 Å². The van der Waals surface area contributed by atoms with Gasteiger partial charge in [-0.1, -0.05) is 29.8 Å². The first kappa shape index (κ1) is 20.0. The minimum absolute atomic E-state index is 0.346. The molecule has 1 aliphatic carbocycles. The zero-order valence-electron chi connectivity index (χ0n) is 17.7. The van der Waals surface area contributed by atoms with Gasteiger partial charge in [0.05, 0.1) is 5.69 Å². The van der Waals surface area contributed by atoms with Gasteiger partial charge in [0, 0.05) is 45.7 Å². The van der Waals surface area contributed by atoms with Crippen LogP contribution in [0.25, 0.3) is 44.5 Å². The van der Waals surface area contributed by atoms with E-state index in [0.717, 1.165) is 40.5 Å². The van der Waals surface area contributed by atoms with Crippen LogP contribution in [0.15, 0.2) is 79.3 Å². The van der Waals surface area contributed by atoms with Crippen LogP contribution in [-0.2, 0) is 12.8 Å². The highest BCUT2D eigenvalue weighted by Crippen LogP contribution is 2.35. The number of halogens is 2. The molecular formula is C28H19ClFN3. The highest BCUT2D eigenvalue weighted by atomic mass is 35.5. The molecule has 0 N–H and O–H groups in total. The SMILES string of the molecule is Fc1ccc(Cl)cc1-c1cc(-c2cncc(-c3ccc4c(c3)CCC4)c2)c2cccnc2n1. The van der Waals surface area contributed by atoms with Crippen molar-refractivity contribution in [1.82, 2.24) is 15.0 Å². The van der Waals surface area contributed by atoms with E-state index in [1.165, 1.54) is 29.7 Å². The average molecular weight is 452 g/mol. The van der Waals surface area contributed by atoms with E-state index >= 15 is 0 Å². The topological polar surface area (TPSA) is 38.7 Å².